The fraction of sp³-hybridized carbons (Fsp3) is 0.643. The Morgan fingerprint density at radius 1 is 1.50 bits per heavy atom. The van der Waals surface area contributed by atoms with Crippen LogP contribution in [0.2, 0.25) is 0 Å². The van der Waals surface area contributed by atoms with Crippen molar-refractivity contribution in [3.63, 3.8) is 0 Å². The zero-order chi connectivity index (χ0) is 13.0. The van der Waals surface area contributed by atoms with Crippen LogP contribution in [-0.2, 0) is 6.54 Å². The molecule has 0 aromatic carbocycles. The molecular formula is C14H21NO3. The molecule has 1 fully saturated rings. The van der Waals surface area contributed by atoms with Gasteiger partial charge in [-0.3, -0.25) is 0 Å². The molecular weight excluding hydrogens is 230 g/mol. The molecule has 4 heteroatoms. The predicted molar refractivity (Wildman–Crippen MR) is 68.5 cm³/mol. The fourth-order valence-electron chi connectivity index (χ4n) is 2.73. The highest BCUT2D eigenvalue weighted by Gasteiger charge is 2.18. The van der Waals surface area contributed by atoms with Gasteiger partial charge in [-0.15, -0.1) is 0 Å². The lowest BCUT2D eigenvalue weighted by molar-refractivity contribution is 0.0660. The van der Waals surface area contributed by atoms with Crippen LogP contribution in [0, 0.1) is 11.8 Å². The van der Waals surface area contributed by atoms with E-state index in [1.54, 1.807) is 6.07 Å². The average Bonchev–Trinajstić information content (AvgIpc) is 2.78. The largest absolute Gasteiger partial charge is 0.475 e. The monoisotopic (exact) mass is 251 g/mol. The maximum Gasteiger partial charge on any atom is 0.371 e. The van der Waals surface area contributed by atoms with Gasteiger partial charge >= 0.3 is 5.97 Å². The number of hydrogen-bond donors (Lipinski definition) is 2. The number of aromatic carboxylic acids is 1. The Balaban J connectivity index is 1.72. The third kappa shape index (κ3) is 3.60. The molecule has 1 aromatic heterocycles. The van der Waals surface area contributed by atoms with Crippen molar-refractivity contribution >= 4 is 5.97 Å². The van der Waals surface area contributed by atoms with Crippen molar-refractivity contribution in [2.75, 3.05) is 6.54 Å². The summed E-state index contributed by atoms with van der Waals surface area (Å²) < 4.78 is 5.19. The Labute approximate surface area is 107 Å². The highest BCUT2D eigenvalue weighted by molar-refractivity contribution is 5.84. The quantitative estimate of drug-likeness (QED) is 0.844. The van der Waals surface area contributed by atoms with Crippen molar-refractivity contribution in [3.8, 4) is 0 Å². The lowest BCUT2D eigenvalue weighted by Gasteiger charge is -2.26. The molecule has 0 amide bonds. The van der Waals surface area contributed by atoms with Gasteiger partial charge in [0.25, 0.3) is 0 Å². The molecule has 4 nitrogen and oxygen atoms in total. The highest BCUT2D eigenvalue weighted by Crippen LogP contribution is 2.27. The van der Waals surface area contributed by atoms with E-state index in [2.05, 4.69) is 12.2 Å². The van der Waals surface area contributed by atoms with E-state index in [-0.39, 0.29) is 5.76 Å². The van der Waals surface area contributed by atoms with E-state index in [0.29, 0.717) is 12.3 Å². The molecule has 0 spiro atoms. The van der Waals surface area contributed by atoms with Gasteiger partial charge in [-0.1, -0.05) is 19.8 Å². The van der Waals surface area contributed by atoms with Crippen LogP contribution in [0.1, 0.15) is 48.9 Å². The number of carboxylic acid groups (broad SMARTS) is 1. The molecule has 0 radical (unpaired) electrons. The number of carboxylic acids is 1. The molecule has 0 bridgehead atoms. The van der Waals surface area contributed by atoms with E-state index in [4.69, 9.17) is 9.52 Å². The molecule has 1 aromatic rings. The van der Waals surface area contributed by atoms with Crippen LogP contribution in [0.5, 0.6) is 0 Å². The minimum Gasteiger partial charge on any atom is -0.475 e. The first-order chi connectivity index (χ1) is 8.65. The standard InChI is InChI=1S/C14H21NO3/c1-10-3-2-4-11(7-10)8-15-9-12-5-6-13(18-12)14(16)17/h5-6,10-11,15H,2-4,7-9H2,1H3,(H,16,17). The summed E-state index contributed by atoms with van der Waals surface area (Å²) in [6.07, 6.45) is 5.29. The summed E-state index contributed by atoms with van der Waals surface area (Å²) in [6, 6.07) is 3.22. The summed E-state index contributed by atoms with van der Waals surface area (Å²) in [5.41, 5.74) is 0. The van der Waals surface area contributed by atoms with Gasteiger partial charge in [0.15, 0.2) is 0 Å². The zero-order valence-electron chi connectivity index (χ0n) is 10.8. The third-order valence-electron chi connectivity index (χ3n) is 3.65. The Morgan fingerprint density at radius 3 is 3.00 bits per heavy atom. The number of carbonyl (C=O) groups is 1. The Bertz CT molecular complexity index is 399. The molecule has 2 atom stereocenters. The van der Waals surface area contributed by atoms with Crippen LogP contribution >= 0.6 is 0 Å². The number of hydrogen-bond acceptors (Lipinski definition) is 3. The number of furan rings is 1. The number of nitrogens with one attached hydrogen (secondary N) is 1. The number of rotatable bonds is 5. The topological polar surface area (TPSA) is 62.5 Å². The van der Waals surface area contributed by atoms with E-state index in [1.165, 1.54) is 31.7 Å². The SMILES string of the molecule is CC1CCCC(CNCc2ccc(C(=O)O)o2)C1. The van der Waals surface area contributed by atoms with Crippen LogP contribution in [0.25, 0.3) is 0 Å². The van der Waals surface area contributed by atoms with Gasteiger partial charge in [-0.05, 0) is 43.4 Å². The van der Waals surface area contributed by atoms with Crippen molar-refractivity contribution in [1.82, 2.24) is 5.32 Å². The van der Waals surface area contributed by atoms with Crippen molar-refractivity contribution < 1.29 is 14.3 Å². The lowest BCUT2D eigenvalue weighted by Crippen LogP contribution is -2.26. The Hall–Kier alpha value is -1.29. The maximum atomic E-state index is 10.7. The first kappa shape index (κ1) is 13.1. The van der Waals surface area contributed by atoms with Gasteiger partial charge in [0.05, 0.1) is 6.54 Å². The molecule has 1 aliphatic rings. The predicted octanol–water partition coefficient (Wildman–Crippen LogP) is 2.89. The van der Waals surface area contributed by atoms with Crippen LogP contribution < -0.4 is 5.32 Å². The molecule has 2 rings (SSSR count). The van der Waals surface area contributed by atoms with E-state index in [1.807, 2.05) is 0 Å². The third-order valence-corrected chi connectivity index (χ3v) is 3.65. The van der Waals surface area contributed by atoms with Crippen molar-refractivity contribution in [2.24, 2.45) is 11.8 Å². The van der Waals surface area contributed by atoms with E-state index in [9.17, 15) is 4.79 Å². The van der Waals surface area contributed by atoms with Crippen molar-refractivity contribution in [2.45, 2.75) is 39.2 Å². The molecule has 1 heterocycles. The van der Waals surface area contributed by atoms with E-state index < -0.39 is 5.97 Å². The Kier molecular flexibility index (Phi) is 4.42. The summed E-state index contributed by atoms with van der Waals surface area (Å²) in [4.78, 5) is 10.7. The summed E-state index contributed by atoms with van der Waals surface area (Å²) in [7, 11) is 0. The maximum absolute atomic E-state index is 10.7. The minimum absolute atomic E-state index is 0.0121. The fourth-order valence-corrected chi connectivity index (χ4v) is 2.73. The lowest BCUT2D eigenvalue weighted by atomic mass is 9.82. The average molecular weight is 251 g/mol. The molecule has 18 heavy (non-hydrogen) atoms. The molecule has 1 saturated carbocycles. The van der Waals surface area contributed by atoms with Crippen molar-refractivity contribution in [1.29, 1.82) is 0 Å². The summed E-state index contributed by atoms with van der Waals surface area (Å²) in [6.45, 7) is 3.92. The van der Waals surface area contributed by atoms with Gasteiger partial charge in [0.1, 0.15) is 5.76 Å². The molecule has 0 saturated heterocycles. The van der Waals surface area contributed by atoms with Crippen molar-refractivity contribution in [3.05, 3.63) is 23.7 Å². The van der Waals surface area contributed by atoms with Crippen LogP contribution in [0.3, 0.4) is 0 Å². The second kappa shape index (κ2) is 6.05. The molecule has 1 aliphatic carbocycles. The molecule has 100 valence electrons. The summed E-state index contributed by atoms with van der Waals surface area (Å²) in [5, 5.41) is 12.1. The van der Waals surface area contributed by atoms with E-state index >= 15 is 0 Å². The zero-order valence-corrected chi connectivity index (χ0v) is 10.8. The normalized spacial score (nSPS) is 24.1. The van der Waals surface area contributed by atoms with Gasteiger partial charge in [0.2, 0.25) is 5.76 Å². The minimum atomic E-state index is -1.01. The van der Waals surface area contributed by atoms with Crippen LogP contribution in [0.4, 0.5) is 0 Å². The molecule has 2 unspecified atom stereocenters. The second-order valence-electron chi connectivity index (χ2n) is 5.34. The molecule has 0 aliphatic heterocycles. The van der Waals surface area contributed by atoms with Gasteiger partial charge < -0.3 is 14.8 Å². The smallest absolute Gasteiger partial charge is 0.371 e. The van der Waals surface area contributed by atoms with Crippen LogP contribution in [0.15, 0.2) is 16.5 Å². The first-order valence-electron chi connectivity index (χ1n) is 6.68. The first-order valence-corrected chi connectivity index (χ1v) is 6.68. The van der Waals surface area contributed by atoms with Gasteiger partial charge in [-0.2, -0.15) is 0 Å². The summed E-state index contributed by atoms with van der Waals surface area (Å²) >= 11 is 0. The van der Waals surface area contributed by atoms with Gasteiger partial charge in [0, 0.05) is 0 Å². The Morgan fingerprint density at radius 2 is 2.33 bits per heavy atom. The van der Waals surface area contributed by atoms with E-state index in [0.717, 1.165) is 18.4 Å². The second-order valence-corrected chi connectivity index (χ2v) is 5.34. The highest BCUT2D eigenvalue weighted by atomic mass is 16.4. The van der Waals surface area contributed by atoms with Crippen LogP contribution in [-0.4, -0.2) is 17.6 Å². The summed E-state index contributed by atoms with van der Waals surface area (Å²) in [5.74, 6) is 1.28. The molecule has 2 N–H and O–H groups in total. The van der Waals surface area contributed by atoms with Gasteiger partial charge in [-0.25, -0.2) is 4.79 Å².